The van der Waals surface area contributed by atoms with Crippen LogP contribution in [-0.2, 0) is 27.8 Å². The number of sulfone groups is 1. The average molecular weight is 399 g/mol. The molecule has 0 aliphatic carbocycles. The lowest BCUT2D eigenvalue weighted by Gasteiger charge is -2.23. The number of hydrogen-bond donors (Lipinski definition) is 2. The van der Waals surface area contributed by atoms with Gasteiger partial charge in [0, 0.05) is 24.1 Å². The van der Waals surface area contributed by atoms with Gasteiger partial charge in [0.15, 0.2) is 9.84 Å². The highest BCUT2D eigenvalue weighted by Gasteiger charge is 2.21. The molecule has 0 radical (unpaired) electrons. The van der Waals surface area contributed by atoms with E-state index < -0.39 is 9.84 Å². The number of pyridine rings is 1. The molecule has 0 unspecified atom stereocenters. The normalized spacial score (nSPS) is 11.5. The summed E-state index contributed by atoms with van der Waals surface area (Å²) in [4.78, 5) is 18.1. The second kappa shape index (κ2) is 7.57. The van der Waals surface area contributed by atoms with E-state index in [-0.39, 0.29) is 29.8 Å². The number of amides is 1. The minimum Gasteiger partial charge on any atom is -0.392 e. The standard InChI is InChI=1S/C20H21N3O4S/c1-13(25)23(18-5-3-4-6-19(18)28(2,26)27)11-14-7-8-15-10-16(12-24)20(21)22-17(15)9-14/h3-10,24H,11-12H2,1-2H3,(H2,21,22). The maximum atomic E-state index is 12.3. The summed E-state index contributed by atoms with van der Waals surface area (Å²) in [6.45, 7) is 1.38. The first-order valence-electron chi connectivity index (χ1n) is 8.57. The van der Waals surface area contributed by atoms with Crippen LogP contribution >= 0.6 is 0 Å². The van der Waals surface area contributed by atoms with E-state index in [0.717, 1.165) is 17.2 Å². The van der Waals surface area contributed by atoms with Gasteiger partial charge in [-0.3, -0.25) is 4.79 Å². The predicted octanol–water partition coefficient (Wildman–Crippen LogP) is 2.27. The molecule has 3 aromatic rings. The van der Waals surface area contributed by atoms with Crippen molar-refractivity contribution in [2.45, 2.75) is 25.0 Å². The summed E-state index contributed by atoms with van der Waals surface area (Å²) in [6.07, 6.45) is 1.12. The molecule has 2 aromatic carbocycles. The molecule has 146 valence electrons. The maximum absolute atomic E-state index is 12.3. The summed E-state index contributed by atoms with van der Waals surface area (Å²) < 4.78 is 24.2. The predicted molar refractivity (Wildman–Crippen MR) is 108 cm³/mol. The van der Waals surface area contributed by atoms with Crippen LogP contribution in [0.1, 0.15) is 18.1 Å². The number of aliphatic hydroxyl groups is 1. The topological polar surface area (TPSA) is 114 Å². The lowest BCUT2D eigenvalue weighted by Crippen LogP contribution is -2.29. The van der Waals surface area contributed by atoms with Gasteiger partial charge in [0.25, 0.3) is 0 Å². The van der Waals surface area contributed by atoms with Crippen LogP contribution in [-0.4, -0.2) is 30.7 Å². The van der Waals surface area contributed by atoms with Gasteiger partial charge in [-0.15, -0.1) is 0 Å². The zero-order valence-corrected chi connectivity index (χ0v) is 16.4. The van der Waals surface area contributed by atoms with Gasteiger partial charge in [-0.1, -0.05) is 24.3 Å². The molecule has 0 fully saturated rings. The Morgan fingerprint density at radius 2 is 1.89 bits per heavy atom. The van der Waals surface area contributed by atoms with Crippen LogP contribution in [0.2, 0.25) is 0 Å². The van der Waals surface area contributed by atoms with E-state index in [4.69, 9.17) is 5.73 Å². The third kappa shape index (κ3) is 3.97. The third-order valence-electron chi connectivity index (χ3n) is 4.44. The third-order valence-corrected chi connectivity index (χ3v) is 5.59. The Morgan fingerprint density at radius 3 is 2.54 bits per heavy atom. The van der Waals surface area contributed by atoms with E-state index in [1.807, 2.05) is 12.1 Å². The number of carbonyl (C=O) groups excluding carboxylic acids is 1. The Hall–Kier alpha value is -2.97. The lowest BCUT2D eigenvalue weighted by atomic mass is 10.1. The molecule has 28 heavy (non-hydrogen) atoms. The molecule has 0 aliphatic heterocycles. The number of nitrogens with zero attached hydrogens (tertiary/aromatic N) is 2. The first-order valence-corrected chi connectivity index (χ1v) is 10.5. The molecule has 3 N–H and O–H groups in total. The Kier molecular flexibility index (Phi) is 5.35. The van der Waals surface area contributed by atoms with Crippen molar-refractivity contribution in [1.29, 1.82) is 0 Å². The van der Waals surface area contributed by atoms with Crippen LogP contribution in [0, 0.1) is 0 Å². The first kappa shape index (κ1) is 19.8. The molecular weight excluding hydrogens is 378 g/mol. The minimum absolute atomic E-state index is 0.0981. The summed E-state index contributed by atoms with van der Waals surface area (Å²) >= 11 is 0. The quantitative estimate of drug-likeness (QED) is 0.680. The first-order chi connectivity index (χ1) is 13.2. The number of aromatic nitrogens is 1. The molecule has 7 nitrogen and oxygen atoms in total. The number of carbonyl (C=O) groups is 1. The number of para-hydroxylation sites is 1. The average Bonchev–Trinajstić information content (AvgIpc) is 2.64. The summed E-state index contributed by atoms with van der Waals surface area (Å²) in [6, 6.07) is 13.6. The van der Waals surface area contributed by atoms with Crippen molar-refractivity contribution >= 4 is 38.2 Å². The number of hydrogen-bond acceptors (Lipinski definition) is 6. The molecule has 1 heterocycles. The Morgan fingerprint density at radius 1 is 1.18 bits per heavy atom. The van der Waals surface area contributed by atoms with E-state index in [0.29, 0.717) is 16.8 Å². The fraction of sp³-hybridized carbons (Fsp3) is 0.200. The molecule has 0 saturated heterocycles. The number of aliphatic hydroxyl groups excluding tert-OH is 1. The number of fused-ring (bicyclic) bond motifs is 1. The summed E-state index contributed by atoms with van der Waals surface area (Å²) in [5, 5.41) is 10.1. The van der Waals surface area contributed by atoms with Crippen molar-refractivity contribution in [2.24, 2.45) is 0 Å². The molecule has 0 spiro atoms. The largest absolute Gasteiger partial charge is 0.392 e. The van der Waals surface area contributed by atoms with E-state index in [1.54, 1.807) is 30.3 Å². The maximum Gasteiger partial charge on any atom is 0.224 e. The number of benzene rings is 2. The number of anilines is 2. The number of rotatable bonds is 5. The second-order valence-electron chi connectivity index (χ2n) is 6.56. The molecular formula is C20H21N3O4S. The number of nitrogens with two attached hydrogens (primary N) is 1. The van der Waals surface area contributed by atoms with E-state index in [9.17, 15) is 18.3 Å². The van der Waals surface area contributed by atoms with Crippen molar-refractivity contribution in [2.75, 3.05) is 16.9 Å². The zero-order valence-electron chi connectivity index (χ0n) is 15.6. The molecule has 0 saturated carbocycles. The molecule has 0 atom stereocenters. The highest BCUT2D eigenvalue weighted by atomic mass is 32.2. The van der Waals surface area contributed by atoms with Gasteiger partial charge in [-0.2, -0.15) is 0 Å². The van der Waals surface area contributed by atoms with Gasteiger partial charge >= 0.3 is 0 Å². The van der Waals surface area contributed by atoms with E-state index in [2.05, 4.69) is 4.98 Å². The van der Waals surface area contributed by atoms with Gasteiger partial charge in [0.2, 0.25) is 5.91 Å². The zero-order chi connectivity index (χ0) is 20.5. The van der Waals surface area contributed by atoms with E-state index in [1.165, 1.54) is 17.9 Å². The summed E-state index contributed by atoms with van der Waals surface area (Å²) in [7, 11) is -3.50. The highest BCUT2D eigenvalue weighted by molar-refractivity contribution is 7.90. The van der Waals surface area contributed by atoms with Crippen LogP contribution in [0.15, 0.2) is 53.4 Å². The molecule has 8 heteroatoms. The number of nitrogen functional groups attached to an aromatic ring is 1. The summed E-state index contributed by atoms with van der Waals surface area (Å²) in [5.41, 5.74) is 8.14. The monoisotopic (exact) mass is 399 g/mol. The Bertz CT molecular complexity index is 1160. The Labute approximate surface area is 163 Å². The molecule has 0 bridgehead atoms. The fourth-order valence-electron chi connectivity index (χ4n) is 3.04. The van der Waals surface area contributed by atoms with Gasteiger partial charge < -0.3 is 15.7 Å². The minimum atomic E-state index is -3.50. The van der Waals surface area contributed by atoms with Gasteiger partial charge in [0.05, 0.1) is 29.3 Å². The lowest BCUT2D eigenvalue weighted by molar-refractivity contribution is -0.116. The Balaban J connectivity index is 2.04. The highest BCUT2D eigenvalue weighted by Crippen LogP contribution is 2.28. The van der Waals surface area contributed by atoms with Crippen LogP contribution < -0.4 is 10.6 Å². The van der Waals surface area contributed by atoms with Crippen LogP contribution in [0.4, 0.5) is 11.5 Å². The van der Waals surface area contributed by atoms with Gasteiger partial charge in [0.1, 0.15) is 5.82 Å². The smallest absolute Gasteiger partial charge is 0.224 e. The molecule has 3 rings (SSSR count). The molecule has 0 aliphatic rings. The van der Waals surface area contributed by atoms with E-state index >= 15 is 0 Å². The summed E-state index contributed by atoms with van der Waals surface area (Å²) in [5.74, 6) is -0.0303. The SMILES string of the molecule is CC(=O)N(Cc1ccc2cc(CO)c(N)nc2c1)c1ccccc1S(C)(=O)=O. The van der Waals surface area contributed by atoms with Crippen LogP contribution in [0.5, 0.6) is 0 Å². The molecule has 1 amide bonds. The molecule has 1 aromatic heterocycles. The van der Waals surface area contributed by atoms with Crippen molar-refractivity contribution in [3.63, 3.8) is 0 Å². The van der Waals surface area contributed by atoms with Crippen LogP contribution in [0.25, 0.3) is 10.9 Å². The van der Waals surface area contributed by atoms with Crippen molar-refractivity contribution in [3.8, 4) is 0 Å². The van der Waals surface area contributed by atoms with Gasteiger partial charge in [-0.05, 0) is 29.8 Å². The van der Waals surface area contributed by atoms with Gasteiger partial charge in [-0.25, -0.2) is 13.4 Å². The van der Waals surface area contributed by atoms with Crippen molar-refractivity contribution in [1.82, 2.24) is 4.98 Å². The second-order valence-corrected chi connectivity index (χ2v) is 8.55. The van der Waals surface area contributed by atoms with Crippen molar-refractivity contribution in [3.05, 3.63) is 59.7 Å². The van der Waals surface area contributed by atoms with Crippen molar-refractivity contribution < 1.29 is 18.3 Å². The fourth-order valence-corrected chi connectivity index (χ4v) is 3.92. The van der Waals surface area contributed by atoms with Crippen LogP contribution in [0.3, 0.4) is 0 Å².